The molecule has 0 unspecified atom stereocenters. The molecule has 0 bridgehead atoms. The minimum atomic E-state index is -0.186. The average Bonchev–Trinajstić information content (AvgIpc) is 2.97. The average molecular weight is 308 g/mol. The first-order chi connectivity index (χ1) is 11.3. The van der Waals surface area contributed by atoms with Gasteiger partial charge in [-0.15, -0.1) is 0 Å². The van der Waals surface area contributed by atoms with Crippen LogP contribution in [0.1, 0.15) is 24.7 Å². The summed E-state index contributed by atoms with van der Waals surface area (Å²) in [6.45, 7) is 2.99. The number of carbonyl (C=O) groups is 1. The van der Waals surface area contributed by atoms with Crippen molar-refractivity contribution in [3.63, 3.8) is 0 Å². The summed E-state index contributed by atoms with van der Waals surface area (Å²) in [7, 11) is 0. The zero-order chi connectivity index (χ0) is 16.1. The third kappa shape index (κ3) is 3.59. The molecule has 0 saturated heterocycles. The molecule has 23 heavy (non-hydrogen) atoms. The van der Waals surface area contributed by atoms with E-state index < -0.39 is 0 Å². The van der Waals surface area contributed by atoms with E-state index in [1.807, 2.05) is 54.6 Å². The van der Waals surface area contributed by atoms with Gasteiger partial charge in [-0.05, 0) is 17.7 Å². The van der Waals surface area contributed by atoms with Gasteiger partial charge in [0.2, 0.25) is 0 Å². The van der Waals surface area contributed by atoms with Crippen LogP contribution in [0.4, 0.5) is 0 Å². The highest BCUT2D eigenvalue weighted by Gasteiger charge is 2.11. The zero-order valence-corrected chi connectivity index (χ0v) is 13.2. The number of fused-ring (bicyclic) bond motifs is 1. The lowest BCUT2D eigenvalue weighted by Gasteiger charge is -2.08. The Balaban J connectivity index is 1.63. The summed E-state index contributed by atoms with van der Waals surface area (Å²) < 4.78 is 7.45. The fourth-order valence-electron chi connectivity index (χ4n) is 2.66. The van der Waals surface area contributed by atoms with Crippen molar-refractivity contribution >= 4 is 17.0 Å². The number of para-hydroxylation sites is 2. The van der Waals surface area contributed by atoms with Gasteiger partial charge in [0.1, 0.15) is 12.4 Å². The van der Waals surface area contributed by atoms with Gasteiger partial charge in [0.05, 0.1) is 17.5 Å². The van der Waals surface area contributed by atoms with Crippen molar-refractivity contribution < 1.29 is 9.53 Å². The highest BCUT2D eigenvalue weighted by atomic mass is 16.5. The predicted molar refractivity (Wildman–Crippen MR) is 90.0 cm³/mol. The van der Waals surface area contributed by atoms with Crippen LogP contribution in [0, 0.1) is 0 Å². The Kier molecular flexibility index (Phi) is 4.71. The number of ether oxygens (including phenoxy) is 1. The van der Waals surface area contributed by atoms with E-state index in [0.717, 1.165) is 28.8 Å². The van der Waals surface area contributed by atoms with Crippen molar-refractivity contribution in [3.05, 3.63) is 66.0 Å². The molecule has 0 radical (unpaired) electrons. The summed E-state index contributed by atoms with van der Waals surface area (Å²) in [6, 6.07) is 17.7. The molecule has 3 rings (SSSR count). The minimum absolute atomic E-state index is 0.186. The van der Waals surface area contributed by atoms with E-state index in [9.17, 15) is 4.79 Å². The smallest absolute Gasteiger partial charge is 0.307 e. The summed E-state index contributed by atoms with van der Waals surface area (Å²) in [4.78, 5) is 16.6. The summed E-state index contributed by atoms with van der Waals surface area (Å²) in [6.07, 6.45) is 1.19. The van der Waals surface area contributed by atoms with Crippen LogP contribution in [-0.2, 0) is 29.1 Å². The molecule has 4 nitrogen and oxygen atoms in total. The Morgan fingerprint density at radius 3 is 2.61 bits per heavy atom. The summed E-state index contributed by atoms with van der Waals surface area (Å²) in [5.41, 5.74) is 3.05. The molecular weight excluding hydrogens is 288 g/mol. The van der Waals surface area contributed by atoms with E-state index in [-0.39, 0.29) is 5.97 Å². The van der Waals surface area contributed by atoms with Gasteiger partial charge in [-0.3, -0.25) is 4.79 Å². The first-order valence-corrected chi connectivity index (χ1v) is 7.91. The van der Waals surface area contributed by atoms with Gasteiger partial charge < -0.3 is 9.30 Å². The second-order valence-corrected chi connectivity index (χ2v) is 5.42. The van der Waals surface area contributed by atoms with E-state index in [0.29, 0.717) is 19.6 Å². The normalized spacial score (nSPS) is 10.8. The van der Waals surface area contributed by atoms with Crippen molar-refractivity contribution in [1.82, 2.24) is 9.55 Å². The molecule has 3 aromatic rings. The maximum atomic E-state index is 12.0. The Labute approximate surface area is 135 Å². The molecule has 0 aliphatic rings. The monoisotopic (exact) mass is 308 g/mol. The molecule has 118 valence electrons. The third-order valence-electron chi connectivity index (χ3n) is 3.83. The van der Waals surface area contributed by atoms with Gasteiger partial charge >= 0.3 is 5.97 Å². The van der Waals surface area contributed by atoms with Crippen LogP contribution in [0.15, 0.2) is 54.6 Å². The third-order valence-corrected chi connectivity index (χ3v) is 3.83. The van der Waals surface area contributed by atoms with Gasteiger partial charge in [0, 0.05) is 13.0 Å². The fraction of sp³-hybridized carbons (Fsp3) is 0.263. The second kappa shape index (κ2) is 7.09. The van der Waals surface area contributed by atoms with Gasteiger partial charge in [-0.25, -0.2) is 4.98 Å². The van der Waals surface area contributed by atoms with Crippen LogP contribution < -0.4 is 0 Å². The van der Waals surface area contributed by atoms with Crippen molar-refractivity contribution in [1.29, 1.82) is 0 Å². The lowest BCUT2D eigenvalue weighted by atomic mass is 10.2. The number of esters is 1. The van der Waals surface area contributed by atoms with E-state index in [1.165, 1.54) is 0 Å². The minimum Gasteiger partial charge on any atom is -0.461 e. The lowest BCUT2D eigenvalue weighted by Crippen LogP contribution is -2.11. The number of carbonyl (C=O) groups excluding carboxylic acids is 1. The molecule has 0 spiro atoms. The molecule has 0 saturated carbocycles. The van der Waals surface area contributed by atoms with E-state index in [4.69, 9.17) is 4.74 Å². The number of imidazole rings is 1. The number of hydrogen-bond acceptors (Lipinski definition) is 3. The number of benzene rings is 2. The van der Waals surface area contributed by atoms with Crippen LogP contribution in [-0.4, -0.2) is 15.5 Å². The Bertz CT molecular complexity index is 793. The van der Waals surface area contributed by atoms with Crippen molar-refractivity contribution in [2.45, 2.75) is 32.9 Å². The van der Waals surface area contributed by atoms with Gasteiger partial charge in [-0.2, -0.15) is 0 Å². The largest absolute Gasteiger partial charge is 0.461 e. The molecule has 0 fully saturated rings. The second-order valence-electron chi connectivity index (χ2n) is 5.42. The van der Waals surface area contributed by atoms with Crippen molar-refractivity contribution in [3.8, 4) is 0 Å². The lowest BCUT2D eigenvalue weighted by molar-refractivity contribution is -0.145. The predicted octanol–water partition coefficient (Wildman–Crippen LogP) is 3.73. The molecule has 0 N–H and O–H groups in total. The van der Waals surface area contributed by atoms with Gasteiger partial charge in [-0.1, -0.05) is 49.4 Å². The van der Waals surface area contributed by atoms with Crippen LogP contribution >= 0.6 is 0 Å². The number of rotatable bonds is 6. The molecule has 0 atom stereocenters. The SMILES string of the molecule is CCc1nc2ccccc2n1CCC(=O)OCc1ccccc1. The molecule has 2 aromatic carbocycles. The molecular formula is C19H20N2O2. The topological polar surface area (TPSA) is 44.1 Å². The Morgan fingerprint density at radius 1 is 1.09 bits per heavy atom. The van der Waals surface area contributed by atoms with Gasteiger partial charge in [0.15, 0.2) is 0 Å². The fourth-order valence-corrected chi connectivity index (χ4v) is 2.66. The zero-order valence-electron chi connectivity index (χ0n) is 13.2. The highest BCUT2D eigenvalue weighted by Crippen LogP contribution is 2.17. The number of aromatic nitrogens is 2. The first-order valence-electron chi connectivity index (χ1n) is 7.91. The number of hydrogen-bond donors (Lipinski definition) is 0. The first kappa shape index (κ1) is 15.3. The molecule has 0 aliphatic heterocycles. The summed E-state index contributed by atoms with van der Waals surface area (Å²) in [5, 5.41) is 0. The maximum Gasteiger partial charge on any atom is 0.307 e. The number of nitrogens with zero attached hydrogens (tertiary/aromatic N) is 2. The molecule has 1 heterocycles. The van der Waals surface area contributed by atoms with Crippen LogP contribution in [0.2, 0.25) is 0 Å². The van der Waals surface area contributed by atoms with E-state index in [1.54, 1.807) is 0 Å². The standard InChI is InChI=1S/C19H20N2O2/c1-2-18-20-16-10-6-7-11-17(16)21(18)13-12-19(22)23-14-15-8-4-3-5-9-15/h3-11H,2,12-14H2,1H3. The summed E-state index contributed by atoms with van der Waals surface area (Å²) in [5.74, 6) is 0.816. The van der Waals surface area contributed by atoms with Crippen molar-refractivity contribution in [2.75, 3.05) is 0 Å². The number of aryl methyl sites for hydroxylation is 2. The molecule has 0 aliphatic carbocycles. The quantitative estimate of drug-likeness (QED) is 0.652. The summed E-state index contributed by atoms with van der Waals surface area (Å²) >= 11 is 0. The van der Waals surface area contributed by atoms with Crippen LogP contribution in [0.5, 0.6) is 0 Å². The molecule has 0 amide bonds. The highest BCUT2D eigenvalue weighted by molar-refractivity contribution is 5.76. The van der Waals surface area contributed by atoms with Gasteiger partial charge in [0.25, 0.3) is 0 Å². The van der Waals surface area contributed by atoms with Crippen molar-refractivity contribution in [2.24, 2.45) is 0 Å². The van der Waals surface area contributed by atoms with E-state index in [2.05, 4.69) is 16.5 Å². The maximum absolute atomic E-state index is 12.0. The molecule has 1 aromatic heterocycles. The van der Waals surface area contributed by atoms with Crippen LogP contribution in [0.3, 0.4) is 0 Å². The van der Waals surface area contributed by atoms with E-state index >= 15 is 0 Å². The Morgan fingerprint density at radius 2 is 1.83 bits per heavy atom. The Hall–Kier alpha value is -2.62. The molecule has 4 heteroatoms. The van der Waals surface area contributed by atoms with Crippen LogP contribution in [0.25, 0.3) is 11.0 Å².